The summed E-state index contributed by atoms with van der Waals surface area (Å²) in [6, 6.07) is 6.60. The van der Waals surface area contributed by atoms with Gasteiger partial charge in [0.15, 0.2) is 0 Å². The van der Waals surface area contributed by atoms with Crippen LogP contribution in [0.4, 0.5) is 4.39 Å². The van der Waals surface area contributed by atoms with Gasteiger partial charge in [0.1, 0.15) is 5.82 Å². The van der Waals surface area contributed by atoms with Gasteiger partial charge >= 0.3 is 0 Å². The van der Waals surface area contributed by atoms with Crippen molar-refractivity contribution in [1.29, 1.82) is 0 Å². The van der Waals surface area contributed by atoms with E-state index < -0.39 is 0 Å². The third-order valence-electron chi connectivity index (χ3n) is 3.82. The molecular weight excluding hydrogens is 229 g/mol. The Kier molecular flexibility index (Phi) is 4.69. The molecule has 0 spiro atoms. The highest BCUT2D eigenvalue weighted by Crippen LogP contribution is 2.28. The number of halogens is 1. The highest BCUT2D eigenvalue weighted by atomic mass is 19.1. The summed E-state index contributed by atoms with van der Waals surface area (Å²) in [5, 5.41) is 0. The number of likely N-dealkylation sites (tertiary alicyclic amines) is 1. The van der Waals surface area contributed by atoms with E-state index in [9.17, 15) is 4.39 Å². The van der Waals surface area contributed by atoms with E-state index in [0.29, 0.717) is 12.5 Å². The Morgan fingerprint density at radius 1 is 1.33 bits per heavy atom. The molecule has 0 aliphatic carbocycles. The van der Waals surface area contributed by atoms with Crippen molar-refractivity contribution in [2.45, 2.75) is 18.9 Å². The van der Waals surface area contributed by atoms with Crippen LogP contribution in [0.1, 0.15) is 24.4 Å². The zero-order valence-corrected chi connectivity index (χ0v) is 10.7. The molecule has 1 unspecified atom stereocenters. The average Bonchev–Trinajstić information content (AvgIpc) is 2.39. The van der Waals surface area contributed by atoms with Crippen LogP contribution in [-0.4, -0.2) is 31.1 Å². The summed E-state index contributed by atoms with van der Waals surface area (Å²) in [6.45, 7) is 3.76. The average molecular weight is 251 g/mol. The lowest BCUT2D eigenvalue weighted by Crippen LogP contribution is -2.39. The van der Waals surface area contributed by atoms with Gasteiger partial charge in [-0.25, -0.2) is 4.39 Å². The molecule has 1 saturated heterocycles. The van der Waals surface area contributed by atoms with Gasteiger partial charge in [-0.3, -0.25) is 0 Å². The van der Waals surface area contributed by atoms with Gasteiger partial charge in [0.2, 0.25) is 0 Å². The molecule has 1 aromatic carbocycles. The van der Waals surface area contributed by atoms with E-state index in [-0.39, 0.29) is 11.9 Å². The molecule has 0 saturated carbocycles. The third-order valence-corrected chi connectivity index (χ3v) is 3.82. The Morgan fingerprint density at radius 3 is 2.67 bits per heavy atom. The first-order valence-electron chi connectivity index (χ1n) is 6.64. The molecule has 0 amide bonds. The van der Waals surface area contributed by atoms with E-state index in [4.69, 9.17) is 11.5 Å². The highest BCUT2D eigenvalue weighted by molar-refractivity contribution is 5.20. The number of piperidine rings is 1. The van der Waals surface area contributed by atoms with Crippen molar-refractivity contribution in [3.05, 3.63) is 35.6 Å². The first-order chi connectivity index (χ1) is 8.70. The Morgan fingerprint density at radius 2 is 2.06 bits per heavy atom. The van der Waals surface area contributed by atoms with Gasteiger partial charge in [-0.15, -0.1) is 0 Å². The molecule has 0 radical (unpaired) electrons. The van der Waals surface area contributed by atoms with Crippen molar-refractivity contribution in [2.24, 2.45) is 17.4 Å². The number of rotatable bonds is 4. The number of nitrogens with zero attached hydrogens (tertiary/aromatic N) is 1. The summed E-state index contributed by atoms with van der Waals surface area (Å²) >= 11 is 0. The predicted molar refractivity (Wildman–Crippen MR) is 71.5 cm³/mol. The Bertz CT molecular complexity index is 375. The largest absolute Gasteiger partial charge is 0.329 e. The standard InChI is InChI=1S/C14H22FN3/c15-13-3-1-2-12(10-13)14(17)11-4-7-18(8-5-11)9-6-16/h1-3,10-11,14H,4-9,16-17H2. The smallest absolute Gasteiger partial charge is 0.123 e. The van der Waals surface area contributed by atoms with Gasteiger partial charge in [-0.05, 0) is 49.5 Å². The molecule has 100 valence electrons. The van der Waals surface area contributed by atoms with Crippen molar-refractivity contribution in [2.75, 3.05) is 26.2 Å². The van der Waals surface area contributed by atoms with Crippen LogP contribution >= 0.6 is 0 Å². The number of hydrogen-bond acceptors (Lipinski definition) is 3. The van der Waals surface area contributed by atoms with Gasteiger partial charge in [-0.2, -0.15) is 0 Å². The highest BCUT2D eigenvalue weighted by Gasteiger charge is 2.24. The van der Waals surface area contributed by atoms with E-state index in [0.717, 1.165) is 38.0 Å². The van der Waals surface area contributed by atoms with Crippen molar-refractivity contribution in [3.63, 3.8) is 0 Å². The summed E-state index contributed by atoms with van der Waals surface area (Å²) in [6.07, 6.45) is 2.13. The minimum atomic E-state index is -0.205. The zero-order chi connectivity index (χ0) is 13.0. The molecule has 2 rings (SSSR count). The lowest BCUT2D eigenvalue weighted by Gasteiger charge is -2.34. The maximum Gasteiger partial charge on any atom is 0.123 e. The minimum Gasteiger partial charge on any atom is -0.329 e. The van der Waals surface area contributed by atoms with E-state index in [1.54, 1.807) is 12.1 Å². The second kappa shape index (κ2) is 6.27. The van der Waals surface area contributed by atoms with Gasteiger partial charge in [0.05, 0.1) is 0 Å². The Labute approximate surface area is 108 Å². The fraction of sp³-hybridized carbons (Fsp3) is 0.571. The van der Waals surface area contributed by atoms with E-state index in [1.165, 1.54) is 6.07 Å². The maximum absolute atomic E-state index is 13.2. The van der Waals surface area contributed by atoms with Gasteiger partial charge in [0.25, 0.3) is 0 Å². The molecule has 1 heterocycles. The van der Waals surface area contributed by atoms with Crippen molar-refractivity contribution < 1.29 is 4.39 Å². The predicted octanol–water partition coefficient (Wildman–Crippen LogP) is 1.50. The molecule has 4 heteroatoms. The summed E-state index contributed by atoms with van der Waals surface area (Å²) < 4.78 is 13.2. The van der Waals surface area contributed by atoms with Crippen LogP contribution in [0, 0.1) is 11.7 Å². The van der Waals surface area contributed by atoms with E-state index in [2.05, 4.69) is 4.90 Å². The van der Waals surface area contributed by atoms with Crippen LogP contribution in [0.2, 0.25) is 0 Å². The molecule has 1 aliphatic rings. The van der Waals surface area contributed by atoms with Crippen LogP contribution in [0.15, 0.2) is 24.3 Å². The van der Waals surface area contributed by atoms with Crippen LogP contribution in [0.3, 0.4) is 0 Å². The molecular formula is C14H22FN3. The Balaban J connectivity index is 1.93. The summed E-state index contributed by atoms with van der Waals surface area (Å²) in [5.74, 6) is 0.240. The van der Waals surface area contributed by atoms with Crippen LogP contribution in [-0.2, 0) is 0 Å². The zero-order valence-electron chi connectivity index (χ0n) is 10.7. The van der Waals surface area contributed by atoms with Crippen molar-refractivity contribution in [3.8, 4) is 0 Å². The molecule has 1 aliphatic heterocycles. The first-order valence-corrected chi connectivity index (χ1v) is 6.64. The molecule has 1 fully saturated rings. The fourth-order valence-corrected chi connectivity index (χ4v) is 2.70. The molecule has 1 aromatic rings. The second-order valence-electron chi connectivity index (χ2n) is 5.05. The molecule has 18 heavy (non-hydrogen) atoms. The summed E-state index contributed by atoms with van der Waals surface area (Å²) in [5.41, 5.74) is 12.7. The molecule has 1 atom stereocenters. The van der Waals surface area contributed by atoms with Crippen LogP contribution in [0.25, 0.3) is 0 Å². The quantitative estimate of drug-likeness (QED) is 0.852. The van der Waals surface area contributed by atoms with Gasteiger partial charge < -0.3 is 16.4 Å². The van der Waals surface area contributed by atoms with Crippen molar-refractivity contribution in [1.82, 2.24) is 4.90 Å². The number of benzene rings is 1. The van der Waals surface area contributed by atoms with Gasteiger partial charge in [-0.1, -0.05) is 12.1 Å². The fourth-order valence-electron chi connectivity index (χ4n) is 2.70. The Hall–Kier alpha value is -0.970. The topological polar surface area (TPSA) is 55.3 Å². The molecule has 0 bridgehead atoms. The minimum absolute atomic E-state index is 0.0549. The third kappa shape index (κ3) is 3.28. The SMILES string of the molecule is NCCN1CCC(C(N)c2cccc(F)c2)CC1. The van der Waals surface area contributed by atoms with Gasteiger partial charge in [0, 0.05) is 19.1 Å². The molecule has 0 aromatic heterocycles. The van der Waals surface area contributed by atoms with E-state index >= 15 is 0 Å². The summed E-state index contributed by atoms with van der Waals surface area (Å²) in [4.78, 5) is 2.37. The number of hydrogen-bond donors (Lipinski definition) is 2. The monoisotopic (exact) mass is 251 g/mol. The second-order valence-corrected chi connectivity index (χ2v) is 5.05. The van der Waals surface area contributed by atoms with Crippen molar-refractivity contribution >= 4 is 0 Å². The van der Waals surface area contributed by atoms with Crippen LogP contribution < -0.4 is 11.5 Å². The maximum atomic E-state index is 13.2. The molecule has 3 nitrogen and oxygen atoms in total. The van der Waals surface area contributed by atoms with Crippen LogP contribution in [0.5, 0.6) is 0 Å². The van der Waals surface area contributed by atoms with E-state index in [1.807, 2.05) is 6.07 Å². The lowest BCUT2D eigenvalue weighted by atomic mass is 9.86. The number of nitrogens with two attached hydrogens (primary N) is 2. The normalized spacial score (nSPS) is 19.9. The first kappa shape index (κ1) is 13.5. The molecule has 4 N–H and O–H groups in total. The lowest BCUT2D eigenvalue weighted by molar-refractivity contribution is 0.173. The summed E-state index contributed by atoms with van der Waals surface area (Å²) in [7, 11) is 0.